The number of ether oxygens (including phenoxy) is 1. The smallest absolute Gasteiger partial charge is 0.416 e. The van der Waals surface area contributed by atoms with Gasteiger partial charge in [-0.15, -0.1) is 0 Å². The molecule has 3 atom stereocenters. The number of nitrogen functional groups attached to an aromatic ring is 1. The summed E-state index contributed by atoms with van der Waals surface area (Å²) in [5.74, 6) is -0.772. The molecule has 11 nitrogen and oxygen atoms in total. The molecule has 0 radical (unpaired) electrons. The number of nitrogens with two attached hydrogens (primary N) is 1. The molecule has 1 aliphatic heterocycles. The average molecular weight is 719 g/mol. The van der Waals surface area contributed by atoms with Crippen molar-refractivity contribution >= 4 is 40.6 Å². The van der Waals surface area contributed by atoms with Gasteiger partial charge in [-0.3, -0.25) is 14.5 Å². The van der Waals surface area contributed by atoms with Gasteiger partial charge in [0, 0.05) is 36.8 Å². The number of nitrogens with zero attached hydrogens (tertiary/aromatic N) is 2. The van der Waals surface area contributed by atoms with Crippen LogP contribution in [0.4, 0.5) is 40.7 Å². The Labute approximate surface area is 299 Å². The van der Waals surface area contributed by atoms with Crippen molar-refractivity contribution in [2.45, 2.75) is 38.7 Å². The molecule has 1 aliphatic rings. The topological polar surface area (TPSA) is 149 Å². The van der Waals surface area contributed by atoms with Crippen LogP contribution in [-0.2, 0) is 12.7 Å². The third-order valence-corrected chi connectivity index (χ3v) is 8.78. The predicted molar refractivity (Wildman–Crippen MR) is 193 cm³/mol. The maximum atomic E-state index is 13.8. The maximum Gasteiger partial charge on any atom is 0.416 e. The van der Waals surface area contributed by atoms with Gasteiger partial charge in [0.1, 0.15) is 6.10 Å². The van der Waals surface area contributed by atoms with Crippen molar-refractivity contribution in [1.82, 2.24) is 9.80 Å². The van der Waals surface area contributed by atoms with Crippen LogP contribution in [-0.4, -0.2) is 71.6 Å². The fourth-order valence-electron chi connectivity index (χ4n) is 5.84. The van der Waals surface area contributed by atoms with Gasteiger partial charge in [0.15, 0.2) is 5.75 Å². The molecule has 0 spiro atoms. The molecule has 0 saturated heterocycles. The number of nitrogens with one attached hydrogen (secondary N) is 3. The second-order valence-electron chi connectivity index (χ2n) is 12.9. The predicted octanol–water partition coefficient (Wildman–Crippen LogP) is 6.54. The highest BCUT2D eigenvalue weighted by atomic mass is 19.4. The Balaban J connectivity index is 1.32. The lowest BCUT2D eigenvalue weighted by molar-refractivity contribution is -0.137. The number of carbonyl (C=O) groups is 3. The van der Waals surface area contributed by atoms with Gasteiger partial charge in [-0.05, 0) is 80.2 Å². The van der Waals surface area contributed by atoms with E-state index in [1.54, 1.807) is 66.4 Å². The second kappa shape index (κ2) is 16.2. The number of amides is 4. The first-order chi connectivity index (χ1) is 24.7. The highest BCUT2D eigenvalue weighted by Crippen LogP contribution is 2.35. The molecule has 6 N–H and O–H groups in total. The lowest BCUT2D eigenvalue weighted by atomic mass is 9.98. The molecule has 14 heteroatoms. The van der Waals surface area contributed by atoms with E-state index in [0.29, 0.717) is 36.6 Å². The Bertz CT molecular complexity index is 1890. The van der Waals surface area contributed by atoms with Gasteiger partial charge in [-0.25, -0.2) is 4.79 Å². The molecular weight excluding hydrogens is 677 g/mol. The molecule has 4 aromatic carbocycles. The van der Waals surface area contributed by atoms with Crippen molar-refractivity contribution in [1.29, 1.82) is 0 Å². The molecular formula is C38H41F3N6O5. The quantitative estimate of drug-likeness (QED) is 0.117. The summed E-state index contributed by atoms with van der Waals surface area (Å²) in [5.41, 5.74) is 7.99. The van der Waals surface area contributed by atoms with E-state index in [4.69, 9.17) is 10.5 Å². The number of anilines is 4. The molecule has 4 amide bonds. The average Bonchev–Trinajstić information content (AvgIpc) is 3.10. The van der Waals surface area contributed by atoms with Gasteiger partial charge in [0.2, 0.25) is 0 Å². The number of alkyl halides is 3. The van der Waals surface area contributed by atoms with Crippen LogP contribution in [0, 0.1) is 5.92 Å². The lowest BCUT2D eigenvalue weighted by Crippen LogP contribution is -2.49. The number of carbonyl (C=O) groups excluding carboxylic acids is 3. The number of hydrogen-bond acceptors (Lipinski definition) is 7. The van der Waals surface area contributed by atoms with Crippen LogP contribution in [0.2, 0.25) is 0 Å². The van der Waals surface area contributed by atoms with E-state index < -0.39 is 29.9 Å². The summed E-state index contributed by atoms with van der Waals surface area (Å²) in [4.78, 5) is 43.3. The van der Waals surface area contributed by atoms with E-state index in [-0.39, 0.29) is 47.0 Å². The van der Waals surface area contributed by atoms with Crippen molar-refractivity contribution in [3.05, 3.63) is 113 Å². The molecule has 0 aliphatic carbocycles. The molecule has 1 heterocycles. The zero-order valence-electron chi connectivity index (χ0n) is 28.9. The Morgan fingerprint density at radius 2 is 1.63 bits per heavy atom. The third-order valence-electron chi connectivity index (χ3n) is 8.78. The minimum Gasteiger partial charge on any atom is -0.486 e. The van der Waals surface area contributed by atoms with Crippen molar-refractivity contribution in [2.75, 3.05) is 48.4 Å². The summed E-state index contributed by atoms with van der Waals surface area (Å²) in [6.45, 7) is 4.61. The van der Waals surface area contributed by atoms with Crippen molar-refractivity contribution in [3.8, 4) is 5.75 Å². The van der Waals surface area contributed by atoms with Gasteiger partial charge >= 0.3 is 12.2 Å². The zero-order chi connectivity index (χ0) is 37.6. The number of hydrogen-bond donors (Lipinski definition) is 5. The maximum absolute atomic E-state index is 13.8. The molecule has 0 bridgehead atoms. The molecule has 0 fully saturated rings. The highest BCUT2D eigenvalue weighted by molar-refractivity contribution is 6.06. The van der Waals surface area contributed by atoms with Crippen LogP contribution in [0.15, 0.2) is 91.0 Å². The van der Waals surface area contributed by atoms with Crippen molar-refractivity contribution < 1.29 is 37.4 Å². The molecule has 0 unspecified atom stereocenters. The van der Waals surface area contributed by atoms with E-state index in [1.165, 1.54) is 0 Å². The lowest BCUT2D eigenvalue weighted by Gasteiger charge is -2.38. The summed E-state index contributed by atoms with van der Waals surface area (Å²) < 4.78 is 45.6. The summed E-state index contributed by atoms with van der Waals surface area (Å²) in [7, 11) is 1.91. The minimum atomic E-state index is -4.52. The monoisotopic (exact) mass is 718 g/mol. The number of halogens is 3. The van der Waals surface area contributed by atoms with Crippen LogP contribution in [0.1, 0.15) is 45.7 Å². The molecule has 5 rings (SSSR count). The third kappa shape index (κ3) is 9.19. The van der Waals surface area contributed by atoms with Crippen LogP contribution < -0.4 is 26.4 Å². The minimum absolute atomic E-state index is 0.129. The number of urea groups is 1. The number of aliphatic hydroxyl groups is 1. The number of likely N-dealkylation sites (N-methyl/N-ethyl adjacent to an activating group) is 1. The SMILES string of the molecule is C[C@H](CO)N1C[C@H](C)[C@H](CN(C)Cc2ccc(C(=O)Nc3ccccc3N)cc2)Oc2c(NC(=O)Nc3ccc(C(F)(F)F)cc3)cccc2C1=O. The van der Waals surface area contributed by atoms with Crippen LogP contribution in [0.5, 0.6) is 5.75 Å². The standard InChI is InChI=1S/C38H41F3N6O5/c1-23-19-47(24(2)22-48)36(50)29-7-6-10-32(45-37(51)43-28-17-15-27(16-18-28)38(39,40)41)34(29)52-33(23)21-46(3)20-25-11-13-26(14-12-25)35(49)44-31-9-5-4-8-30(31)42/h4-18,23-24,33,48H,19-22,42H2,1-3H3,(H,44,49)(H2,43,45,51)/t23-,24+,33-/m0/s1. The first-order valence-electron chi connectivity index (χ1n) is 16.6. The summed E-state index contributed by atoms with van der Waals surface area (Å²) >= 11 is 0. The molecule has 4 aromatic rings. The zero-order valence-corrected chi connectivity index (χ0v) is 28.9. The summed E-state index contributed by atoms with van der Waals surface area (Å²) in [5, 5.41) is 18.0. The highest BCUT2D eigenvalue weighted by Gasteiger charge is 2.35. The Kier molecular flexibility index (Phi) is 11.7. The number of para-hydroxylation sites is 3. The van der Waals surface area contributed by atoms with Gasteiger partial charge in [-0.1, -0.05) is 37.3 Å². The summed E-state index contributed by atoms with van der Waals surface area (Å²) in [6.07, 6.45) is -5.01. The molecule has 274 valence electrons. The van der Waals surface area contributed by atoms with Gasteiger partial charge < -0.3 is 36.4 Å². The van der Waals surface area contributed by atoms with Crippen molar-refractivity contribution in [2.24, 2.45) is 5.92 Å². The van der Waals surface area contributed by atoms with E-state index in [1.807, 2.05) is 31.0 Å². The van der Waals surface area contributed by atoms with Crippen molar-refractivity contribution in [3.63, 3.8) is 0 Å². The molecule has 0 saturated carbocycles. The Morgan fingerprint density at radius 3 is 2.29 bits per heavy atom. The fraction of sp³-hybridized carbons (Fsp3) is 0.289. The number of aliphatic hydroxyl groups excluding tert-OH is 1. The van der Waals surface area contributed by atoms with E-state index in [2.05, 4.69) is 16.0 Å². The van der Waals surface area contributed by atoms with E-state index in [9.17, 15) is 32.7 Å². The van der Waals surface area contributed by atoms with Gasteiger partial charge in [0.05, 0.1) is 40.8 Å². The van der Waals surface area contributed by atoms with E-state index >= 15 is 0 Å². The van der Waals surface area contributed by atoms with Gasteiger partial charge in [0.25, 0.3) is 11.8 Å². The first kappa shape index (κ1) is 37.7. The van der Waals surface area contributed by atoms with Crippen LogP contribution in [0.3, 0.4) is 0 Å². The Morgan fingerprint density at radius 1 is 0.962 bits per heavy atom. The number of rotatable bonds is 10. The fourth-order valence-corrected chi connectivity index (χ4v) is 5.84. The second-order valence-corrected chi connectivity index (χ2v) is 12.9. The normalized spacial score (nSPS) is 16.6. The first-order valence-corrected chi connectivity index (χ1v) is 16.6. The largest absolute Gasteiger partial charge is 0.486 e. The number of fused-ring (bicyclic) bond motifs is 1. The summed E-state index contributed by atoms with van der Waals surface area (Å²) in [6, 6.07) is 21.7. The Hall–Kier alpha value is -5.60. The van der Waals surface area contributed by atoms with Crippen LogP contribution >= 0.6 is 0 Å². The molecule has 52 heavy (non-hydrogen) atoms. The van der Waals surface area contributed by atoms with E-state index in [0.717, 1.165) is 29.8 Å². The van der Waals surface area contributed by atoms with Gasteiger partial charge in [-0.2, -0.15) is 13.2 Å². The number of benzene rings is 4. The van der Waals surface area contributed by atoms with Crippen LogP contribution in [0.25, 0.3) is 0 Å². The molecule has 0 aromatic heterocycles.